The third-order valence-electron chi connectivity index (χ3n) is 4.27. The number of rotatable bonds is 6. The summed E-state index contributed by atoms with van der Waals surface area (Å²) >= 11 is 0. The van der Waals surface area contributed by atoms with E-state index in [9.17, 15) is 0 Å². The summed E-state index contributed by atoms with van der Waals surface area (Å²) in [7, 11) is 0. The van der Waals surface area contributed by atoms with Crippen LogP contribution >= 0.6 is 0 Å². The zero-order valence-corrected chi connectivity index (χ0v) is 13.4. The number of unbranched alkanes of at least 4 members (excludes halogenated alkanes) is 1. The molecule has 0 saturated carbocycles. The van der Waals surface area contributed by atoms with Crippen LogP contribution in [0.25, 0.3) is 10.8 Å². The lowest BCUT2D eigenvalue weighted by Gasteiger charge is -2.26. The van der Waals surface area contributed by atoms with E-state index in [4.69, 9.17) is 9.47 Å². The van der Waals surface area contributed by atoms with E-state index < -0.39 is 0 Å². The summed E-state index contributed by atoms with van der Waals surface area (Å²) in [6, 6.07) is 12.8. The van der Waals surface area contributed by atoms with Crippen molar-refractivity contribution in [2.45, 2.75) is 19.8 Å². The van der Waals surface area contributed by atoms with Gasteiger partial charge in [-0.2, -0.15) is 0 Å². The van der Waals surface area contributed by atoms with Gasteiger partial charge in [-0.05, 0) is 54.8 Å². The van der Waals surface area contributed by atoms with Crippen molar-refractivity contribution in [3.8, 4) is 5.75 Å². The normalized spacial score (nSPS) is 16.0. The van der Waals surface area contributed by atoms with E-state index in [1.54, 1.807) is 0 Å². The Balaban J connectivity index is 1.46. The molecule has 2 aromatic rings. The van der Waals surface area contributed by atoms with Gasteiger partial charge in [0.1, 0.15) is 5.75 Å². The number of ether oxygens (including phenoxy) is 2. The van der Waals surface area contributed by atoms with Crippen LogP contribution in [-0.2, 0) is 4.74 Å². The molecular formula is C19H25NO2. The molecule has 1 aliphatic heterocycles. The monoisotopic (exact) mass is 299 g/mol. The fourth-order valence-electron chi connectivity index (χ4n) is 2.93. The van der Waals surface area contributed by atoms with Gasteiger partial charge in [0.2, 0.25) is 0 Å². The quantitative estimate of drug-likeness (QED) is 0.760. The van der Waals surface area contributed by atoms with Crippen molar-refractivity contribution in [3.63, 3.8) is 0 Å². The van der Waals surface area contributed by atoms with Crippen LogP contribution in [0, 0.1) is 6.92 Å². The smallest absolute Gasteiger partial charge is 0.122 e. The lowest BCUT2D eigenvalue weighted by Crippen LogP contribution is -2.36. The number of nitrogens with zero attached hydrogens (tertiary/aromatic N) is 1. The molecule has 0 N–H and O–H groups in total. The molecule has 0 unspecified atom stereocenters. The molecule has 3 rings (SSSR count). The Morgan fingerprint density at radius 2 is 1.77 bits per heavy atom. The van der Waals surface area contributed by atoms with Crippen molar-refractivity contribution in [2.24, 2.45) is 0 Å². The van der Waals surface area contributed by atoms with Crippen molar-refractivity contribution in [3.05, 3.63) is 42.0 Å². The highest BCUT2D eigenvalue weighted by molar-refractivity contribution is 5.84. The van der Waals surface area contributed by atoms with Gasteiger partial charge < -0.3 is 9.47 Å². The topological polar surface area (TPSA) is 21.7 Å². The maximum Gasteiger partial charge on any atom is 0.122 e. The molecular weight excluding hydrogens is 274 g/mol. The lowest BCUT2D eigenvalue weighted by molar-refractivity contribution is 0.0368. The highest BCUT2D eigenvalue weighted by Gasteiger charge is 2.09. The van der Waals surface area contributed by atoms with Gasteiger partial charge >= 0.3 is 0 Å². The highest BCUT2D eigenvalue weighted by Crippen LogP contribution is 2.25. The zero-order chi connectivity index (χ0) is 15.2. The molecule has 1 heterocycles. The molecule has 0 spiro atoms. The molecule has 0 radical (unpaired) electrons. The van der Waals surface area contributed by atoms with Crippen LogP contribution in [0.2, 0.25) is 0 Å². The molecule has 3 nitrogen and oxygen atoms in total. The number of hydrogen-bond donors (Lipinski definition) is 0. The second-order valence-electron chi connectivity index (χ2n) is 5.97. The largest absolute Gasteiger partial charge is 0.493 e. The van der Waals surface area contributed by atoms with E-state index in [0.717, 1.165) is 51.6 Å². The summed E-state index contributed by atoms with van der Waals surface area (Å²) < 4.78 is 11.4. The van der Waals surface area contributed by atoms with Crippen LogP contribution in [0.15, 0.2) is 36.4 Å². The molecule has 118 valence electrons. The summed E-state index contributed by atoms with van der Waals surface area (Å²) in [5.41, 5.74) is 1.21. The standard InChI is InChI=1S/C19H25NO2/c1-16-14-17-6-2-3-7-18(17)15-19(16)22-11-5-4-8-20-9-12-21-13-10-20/h2-3,6-7,14-15H,4-5,8-13H2,1H3. The van der Waals surface area contributed by atoms with Gasteiger partial charge in [-0.15, -0.1) is 0 Å². The minimum Gasteiger partial charge on any atom is -0.493 e. The van der Waals surface area contributed by atoms with Crippen molar-refractivity contribution >= 4 is 10.8 Å². The SMILES string of the molecule is Cc1cc2ccccc2cc1OCCCCN1CCOCC1. The molecule has 0 amide bonds. The van der Waals surface area contributed by atoms with Gasteiger partial charge in [0.25, 0.3) is 0 Å². The first-order valence-corrected chi connectivity index (χ1v) is 8.25. The molecule has 0 atom stereocenters. The predicted octanol–water partition coefficient (Wildman–Crippen LogP) is 3.64. The number of aryl methyl sites for hydroxylation is 1. The maximum atomic E-state index is 5.99. The van der Waals surface area contributed by atoms with Gasteiger partial charge in [-0.25, -0.2) is 0 Å². The molecule has 0 aromatic heterocycles. The predicted molar refractivity (Wildman–Crippen MR) is 90.7 cm³/mol. The van der Waals surface area contributed by atoms with Gasteiger partial charge in [0, 0.05) is 13.1 Å². The summed E-state index contributed by atoms with van der Waals surface area (Å²) in [4.78, 5) is 2.48. The van der Waals surface area contributed by atoms with Crippen molar-refractivity contribution < 1.29 is 9.47 Å². The zero-order valence-electron chi connectivity index (χ0n) is 13.4. The van der Waals surface area contributed by atoms with Gasteiger partial charge in [-0.1, -0.05) is 24.3 Å². The Morgan fingerprint density at radius 1 is 1.05 bits per heavy atom. The first kappa shape index (κ1) is 15.3. The summed E-state index contributed by atoms with van der Waals surface area (Å²) in [6.45, 7) is 7.98. The third-order valence-corrected chi connectivity index (χ3v) is 4.27. The van der Waals surface area contributed by atoms with Gasteiger partial charge in [-0.3, -0.25) is 4.90 Å². The van der Waals surface area contributed by atoms with E-state index >= 15 is 0 Å². The number of fused-ring (bicyclic) bond motifs is 1. The van der Waals surface area contributed by atoms with Crippen LogP contribution in [0.5, 0.6) is 5.75 Å². The van der Waals surface area contributed by atoms with Crippen LogP contribution in [0.1, 0.15) is 18.4 Å². The molecule has 1 aliphatic rings. The van der Waals surface area contributed by atoms with Crippen molar-refractivity contribution in [1.82, 2.24) is 4.90 Å². The first-order chi connectivity index (χ1) is 10.8. The van der Waals surface area contributed by atoms with E-state index in [1.807, 2.05) is 0 Å². The first-order valence-electron chi connectivity index (χ1n) is 8.25. The Morgan fingerprint density at radius 3 is 2.55 bits per heavy atom. The molecule has 22 heavy (non-hydrogen) atoms. The molecule has 0 bridgehead atoms. The summed E-state index contributed by atoms with van der Waals surface area (Å²) in [5.74, 6) is 1.02. The lowest BCUT2D eigenvalue weighted by atomic mass is 10.1. The molecule has 2 aromatic carbocycles. The Bertz CT molecular complexity index is 605. The average molecular weight is 299 g/mol. The molecule has 0 aliphatic carbocycles. The van der Waals surface area contributed by atoms with Gasteiger partial charge in [0.15, 0.2) is 0 Å². The van der Waals surface area contributed by atoms with E-state index in [0.29, 0.717) is 0 Å². The van der Waals surface area contributed by atoms with Crippen LogP contribution < -0.4 is 4.74 Å². The molecule has 1 fully saturated rings. The number of morpholine rings is 1. The molecule has 1 saturated heterocycles. The fraction of sp³-hybridized carbons (Fsp3) is 0.474. The Kier molecular flexibility index (Phi) is 5.30. The second-order valence-corrected chi connectivity index (χ2v) is 5.97. The van der Waals surface area contributed by atoms with Crippen molar-refractivity contribution in [1.29, 1.82) is 0 Å². The van der Waals surface area contributed by atoms with E-state index in [1.165, 1.54) is 22.8 Å². The van der Waals surface area contributed by atoms with Crippen LogP contribution in [-0.4, -0.2) is 44.4 Å². The third kappa shape index (κ3) is 3.99. The van der Waals surface area contributed by atoms with Gasteiger partial charge in [0.05, 0.1) is 19.8 Å². The van der Waals surface area contributed by atoms with E-state index in [2.05, 4.69) is 48.2 Å². The highest BCUT2D eigenvalue weighted by atomic mass is 16.5. The Hall–Kier alpha value is -1.58. The maximum absolute atomic E-state index is 5.99. The number of hydrogen-bond acceptors (Lipinski definition) is 3. The summed E-state index contributed by atoms with van der Waals surface area (Å²) in [6.07, 6.45) is 2.29. The number of benzene rings is 2. The summed E-state index contributed by atoms with van der Waals surface area (Å²) in [5, 5.41) is 2.52. The van der Waals surface area contributed by atoms with Crippen LogP contribution in [0.4, 0.5) is 0 Å². The minimum atomic E-state index is 0.795. The minimum absolute atomic E-state index is 0.795. The van der Waals surface area contributed by atoms with Crippen molar-refractivity contribution in [2.75, 3.05) is 39.5 Å². The molecule has 3 heteroatoms. The fourth-order valence-corrected chi connectivity index (χ4v) is 2.93. The van der Waals surface area contributed by atoms with Crippen LogP contribution in [0.3, 0.4) is 0 Å². The second kappa shape index (κ2) is 7.61. The Labute approximate surface area is 132 Å². The average Bonchev–Trinajstić information content (AvgIpc) is 2.56. The van der Waals surface area contributed by atoms with E-state index in [-0.39, 0.29) is 0 Å².